The fourth-order valence-corrected chi connectivity index (χ4v) is 3.18. The second-order valence-corrected chi connectivity index (χ2v) is 6.69. The molecule has 106 valence electrons. The van der Waals surface area contributed by atoms with E-state index in [1.165, 1.54) is 0 Å². The van der Waals surface area contributed by atoms with Gasteiger partial charge in [-0.25, -0.2) is 0 Å². The van der Waals surface area contributed by atoms with Crippen LogP contribution in [0.5, 0.6) is 6.01 Å². The Kier molecular flexibility index (Phi) is 4.73. The van der Waals surface area contributed by atoms with Crippen molar-refractivity contribution in [1.82, 2.24) is 15.0 Å². The molecule has 1 aliphatic heterocycles. The van der Waals surface area contributed by atoms with Gasteiger partial charge >= 0.3 is 6.01 Å². The molecule has 7 heteroatoms. The van der Waals surface area contributed by atoms with Gasteiger partial charge in [0, 0.05) is 23.6 Å². The van der Waals surface area contributed by atoms with E-state index in [4.69, 9.17) is 16.3 Å². The van der Waals surface area contributed by atoms with Gasteiger partial charge in [0.05, 0.1) is 6.10 Å². The van der Waals surface area contributed by atoms with Gasteiger partial charge in [0.1, 0.15) is 0 Å². The minimum Gasteiger partial charge on any atom is -0.461 e. The van der Waals surface area contributed by atoms with Crippen molar-refractivity contribution in [3.05, 3.63) is 5.28 Å². The molecule has 0 aromatic carbocycles. The first-order valence-electron chi connectivity index (χ1n) is 6.44. The lowest BCUT2D eigenvalue weighted by Gasteiger charge is -2.37. The van der Waals surface area contributed by atoms with Crippen molar-refractivity contribution in [2.45, 2.75) is 45.1 Å². The summed E-state index contributed by atoms with van der Waals surface area (Å²) in [5, 5.41) is 0.720. The van der Waals surface area contributed by atoms with Crippen molar-refractivity contribution in [3.8, 4) is 6.01 Å². The second-order valence-electron chi connectivity index (χ2n) is 4.86. The lowest BCUT2D eigenvalue weighted by Crippen LogP contribution is -2.45. The standard InChI is InChI=1S/C12H19ClN4OS/c1-7(2)18-12-15-10(13)14-11(16-12)17-5-6-19-9(4)8(17)3/h7-9H,5-6H2,1-4H3. The van der Waals surface area contributed by atoms with Crippen LogP contribution in [0.4, 0.5) is 5.95 Å². The molecule has 0 aliphatic carbocycles. The van der Waals surface area contributed by atoms with Gasteiger partial charge in [-0.1, -0.05) is 6.92 Å². The molecule has 1 saturated heterocycles. The molecule has 1 fully saturated rings. The minimum absolute atomic E-state index is 0.0135. The molecule has 5 nitrogen and oxygen atoms in total. The third-order valence-electron chi connectivity index (χ3n) is 3.06. The first-order valence-corrected chi connectivity index (χ1v) is 7.86. The molecule has 0 bridgehead atoms. The summed E-state index contributed by atoms with van der Waals surface area (Å²) < 4.78 is 5.51. The Balaban J connectivity index is 2.25. The molecule has 0 spiro atoms. The third kappa shape index (κ3) is 3.63. The highest BCUT2D eigenvalue weighted by molar-refractivity contribution is 8.00. The number of thioether (sulfide) groups is 1. The summed E-state index contributed by atoms with van der Waals surface area (Å²) in [5.41, 5.74) is 0. The highest BCUT2D eigenvalue weighted by atomic mass is 35.5. The predicted octanol–water partition coefficient (Wildman–Crippen LogP) is 2.64. The number of hydrogen-bond donors (Lipinski definition) is 0. The quantitative estimate of drug-likeness (QED) is 0.855. The largest absolute Gasteiger partial charge is 0.461 e. The summed E-state index contributed by atoms with van der Waals surface area (Å²) in [7, 11) is 0. The molecule has 1 aliphatic rings. The van der Waals surface area contributed by atoms with Gasteiger partial charge in [0.2, 0.25) is 11.2 Å². The Morgan fingerprint density at radius 1 is 1.32 bits per heavy atom. The number of anilines is 1. The van der Waals surface area contributed by atoms with Crippen molar-refractivity contribution < 1.29 is 4.74 Å². The lowest BCUT2D eigenvalue weighted by atomic mass is 10.2. The van der Waals surface area contributed by atoms with E-state index in [9.17, 15) is 0 Å². The van der Waals surface area contributed by atoms with Crippen LogP contribution in [-0.4, -0.2) is 44.6 Å². The van der Waals surface area contributed by atoms with Gasteiger partial charge in [-0.15, -0.1) is 0 Å². The first-order chi connectivity index (χ1) is 8.97. The van der Waals surface area contributed by atoms with Crippen LogP contribution in [0.3, 0.4) is 0 Å². The maximum atomic E-state index is 5.96. The summed E-state index contributed by atoms with van der Waals surface area (Å²) in [6, 6.07) is 0.659. The van der Waals surface area contributed by atoms with E-state index in [1.807, 2.05) is 25.6 Å². The van der Waals surface area contributed by atoms with E-state index in [1.54, 1.807) is 0 Å². The van der Waals surface area contributed by atoms with Crippen LogP contribution in [0, 0.1) is 0 Å². The van der Waals surface area contributed by atoms with Crippen molar-refractivity contribution in [1.29, 1.82) is 0 Å². The van der Waals surface area contributed by atoms with Crippen molar-refractivity contribution in [2.24, 2.45) is 0 Å². The van der Waals surface area contributed by atoms with Crippen LogP contribution in [0.25, 0.3) is 0 Å². The van der Waals surface area contributed by atoms with E-state index in [0.29, 0.717) is 23.3 Å². The first kappa shape index (κ1) is 14.7. The highest BCUT2D eigenvalue weighted by Crippen LogP contribution is 2.28. The molecule has 0 radical (unpaired) electrons. The Hall–Kier alpha value is -0.750. The number of aromatic nitrogens is 3. The monoisotopic (exact) mass is 302 g/mol. The number of hydrogen-bond acceptors (Lipinski definition) is 6. The maximum absolute atomic E-state index is 5.96. The summed E-state index contributed by atoms with van der Waals surface area (Å²) in [6.45, 7) is 9.17. The van der Waals surface area contributed by atoms with Gasteiger partial charge in [-0.2, -0.15) is 26.7 Å². The predicted molar refractivity (Wildman–Crippen MR) is 79.3 cm³/mol. The lowest BCUT2D eigenvalue weighted by molar-refractivity contribution is 0.221. The molecular formula is C12H19ClN4OS. The fourth-order valence-electron chi connectivity index (χ4n) is 1.93. The number of halogens is 1. The average Bonchev–Trinajstić information content (AvgIpc) is 2.31. The molecule has 2 heterocycles. The van der Waals surface area contributed by atoms with Gasteiger partial charge in [0.25, 0.3) is 0 Å². The normalized spacial score (nSPS) is 23.8. The smallest absolute Gasteiger partial charge is 0.322 e. The average molecular weight is 303 g/mol. The van der Waals surface area contributed by atoms with Gasteiger partial charge < -0.3 is 9.64 Å². The van der Waals surface area contributed by atoms with E-state index >= 15 is 0 Å². The zero-order valence-corrected chi connectivity index (χ0v) is 13.2. The number of rotatable bonds is 3. The zero-order chi connectivity index (χ0) is 14.0. The number of ether oxygens (including phenoxy) is 1. The molecule has 0 amide bonds. The summed E-state index contributed by atoms with van der Waals surface area (Å²) in [6.07, 6.45) is 0.0135. The van der Waals surface area contributed by atoms with Crippen molar-refractivity contribution >= 4 is 29.3 Å². The molecule has 2 rings (SSSR count). The molecule has 0 N–H and O–H groups in total. The molecule has 1 aromatic heterocycles. The van der Waals surface area contributed by atoms with Crippen LogP contribution in [0.1, 0.15) is 27.7 Å². The summed E-state index contributed by atoms with van der Waals surface area (Å²) in [5.74, 6) is 1.67. The van der Waals surface area contributed by atoms with E-state index in [-0.39, 0.29) is 11.4 Å². The minimum atomic E-state index is 0.0135. The van der Waals surface area contributed by atoms with E-state index in [0.717, 1.165) is 12.3 Å². The van der Waals surface area contributed by atoms with Crippen LogP contribution < -0.4 is 9.64 Å². The van der Waals surface area contributed by atoms with Crippen LogP contribution >= 0.6 is 23.4 Å². The molecule has 19 heavy (non-hydrogen) atoms. The highest BCUT2D eigenvalue weighted by Gasteiger charge is 2.28. The number of nitrogens with zero attached hydrogens (tertiary/aromatic N) is 4. The molecular weight excluding hydrogens is 284 g/mol. The fraction of sp³-hybridized carbons (Fsp3) is 0.750. The Morgan fingerprint density at radius 3 is 2.74 bits per heavy atom. The maximum Gasteiger partial charge on any atom is 0.322 e. The molecule has 0 saturated carbocycles. The van der Waals surface area contributed by atoms with E-state index < -0.39 is 0 Å². The Morgan fingerprint density at radius 2 is 2.05 bits per heavy atom. The van der Waals surface area contributed by atoms with Gasteiger partial charge in [-0.05, 0) is 32.4 Å². The second kappa shape index (κ2) is 6.13. The summed E-state index contributed by atoms with van der Waals surface area (Å²) >= 11 is 7.93. The molecule has 1 aromatic rings. The SMILES string of the molecule is CC(C)Oc1nc(Cl)nc(N2CCSC(C)C2C)n1. The van der Waals surface area contributed by atoms with Gasteiger partial charge in [0.15, 0.2) is 0 Å². The van der Waals surface area contributed by atoms with Gasteiger partial charge in [-0.3, -0.25) is 0 Å². The van der Waals surface area contributed by atoms with Crippen LogP contribution in [0.2, 0.25) is 5.28 Å². The Labute approximate surface area is 123 Å². The van der Waals surface area contributed by atoms with Crippen LogP contribution in [0.15, 0.2) is 0 Å². The zero-order valence-electron chi connectivity index (χ0n) is 11.6. The van der Waals surface area contributed by atoms with E-state index in [2.05, 4.69) is 33.7 Å². The van der Waals surface area contributed by atoms with Crippen molar-refractivity contribution in [2.75, 3.05) is 17.2 Å². The Bertz CT molecular complexity index is 446. The third-order valence-corrected chi connectivity index (χ3v) is 4.56. The van der Waals surface area contributed by atoms with Crippen molar-refractivity contribution in [3.63, 3.8) is 0 Å². The van der Waals surface area contributed by atoms with Crippen LogP contribution in [-0.2, 0) is 0 Å². The molecule has 2 unspecified atom stereocenters. The summed E-state index contributed by atoms with van der Waals surface area (Å²) in [4.78, 5) is 14.8. The topological polar surface area (TPSA) is 51.1 Å². The molecule has 2 atom stereocenters.